The largest absolute Gasteiger partial charge is 0.347 e. The smallest absolute Gasteiger partial charge is 0.263 e. The third-order valence-corrected chi connectivity index (χ3v) is 10.2. The summed E-state index contributed by atoms with van der Waals surface area (Å²) in [7, 11) is -5.72. The maximum absolute atomic E-state index is 15.2. The molecule has 15 heteroatoms. The van der Waals surface area contributed by atoms with Crippen LogP contribution in [0.4, 0.5) is 24.8 Å². The first-order valence-corrected chi connectivity index (χ1v) is 14.9. The average molecular weight is 580 g/mol. The van der Waals surface area contributed by atoms with Gasteiger partial charge in [0.1, 0.15) is 33.4 Å². The van der Waals surface area contributed by atoms with Crippen molar-refractivity contribution < 1.29 is 25.8 Å². The fourth-order valence-corrected chi connectivity index (χ4v) is 7.25. The van der Waals surface area contributed by atoms with Crippen molar-refractivity contribution in [1.82, 2.24) is 18.8 Å². The zero-order valence-electron chi connectivity index (χ0n) is 20.5. The molecule has 1 saturated heterocycles. The summed E-state index contributed by atoms with van der Waals surface area (Å²) in [4.78, 5) is 11.4. The predicted octanol–water partition coefficient (Wildman–Crippen LogP) is 2.85. The van der Waals surface area contributed by atoms with Crippen LogP contribution < -0.4 is 9.62 Å². The van der Waals surface area contributed by atoms with Gasteiger partial charge < -0.3 is 9.80 Å². The number of aromatic nitrogens is 3. The molecule has 3 heterocycles. The first-order chi connectivity index (χ1) is 18.6. The SMILES string of the molecule is N=C(c1c(F)cc(F)cc1NS(=O)(=O)c1ccn(S(=O)C2CC2)c1)N1CCN(c2ncc(F)cn2)CC12CC2. The third kappa shape index (κ3) is 4.88. The predicted molar refractivity (Wildman–Crippen MR) is 138 cm³/mol. The van der Waals surface area contributed by atoms with Crippen LogP contribution in [0.5, 0.6) is 0 Å². The van der Waals surface area contributed by atoms with E-state index < -0.39 is 49.7 Å². The van der Waals surface area contributed by atoms with Gasteiger partial charge in [0.15, 0.2) is 5.82 Å². The Bertz CT molecular complexity index is 1590. The summed E-state index contributed by atoms with van der Waals surface area (Å²) < 4.78 is 85.0. The van der Waals surface area contributed by atoms with Crippen LogP contribution in [0.2, 0.25) is 0 Å². The van der Waals surface area contributed by atoms with Crippen molar-refractivity contribution in [3.05, 3.63) is 66.0 Å². The van der Waals surface area contributed by atoms with E-state index in [0.717, 1.165) is 31.3 Å². The summed E-state index contributed by atoms with van der Waals surface area (Å²) in [6.45, 7) is 1.01. The number of nitrogens with one attached hydrogen (secondary N) is 2. The Hall–Kier alpha value is -3.46. The molecule has 39 heavy (non-hydrogen) atoms. The second-order valence-electron chi connectivity index (χ2n) is 9.95. The van der Waals surface area contributed by atoms with Gasteiger partial charge in [-0.05, 0) is 37.8 Å². The zero-order chi connectivity index (χ0) is 27.5. The van der Waals surface area contributed by atoms with Gasteiger partial charge in [0, 0.05) is 38.1 Å². The van der Waals surface area contributed by atoms with Crippen LogP contribution in [0, 0.1) is 22.9 Å². The van der Waals surface area contributed by atoms with Crippen molar-refractivity contribution >= 4 is 38.5 Å². The molecule has 1 unspecified atom stereocenters. The molecule has 3 aliphatic rings. The second-order valence-corrected chi connectivity index (χ2v) is 13.3. The van der Waals surface area contributed by atoms with Crippen LogP contribution in [0.3, 0.4) is 0 Å². The molecule has 2 N–H and O–H groups in total. The quantitative estimate of drug-likeness (QED) is 0.326. The number of hydrogen-bond donors (Lipinski definition) is 2. The molecule has 206 valence electrons. The van der Waals surface area contributed by atoms with Crippen LogP contribution in [-0.2, 0) is 21.0 Å². The number of amidine groups is 1. The van der Waals surface area contributed by atoms with E-state index in [4.69, 9.17) is 5.41 Å². The summed E-state index contributed by atoms with van der Waals surface area (Å²) in [5.41, 5.74) is -1.33. The molecule has 6 rings (SSSR count). The highest BCUT2D eigenvalue weighted by Gasteiger charge is 2.53. The maximum Gasteiger partial charge on any atom is 0.263 e. The highest BCUT2D eigenvalue weighted by Crippen LogP contribution is 2.46. The molecular weight excluding hydrogens is 555 g/mol. The van der Waals surface area contributed by atoms with Crippen molar-refractivity contribution in [2.75, 3.05) is 29.3 Å². The third-order valence-electron chi connectivity index (χ3n) is 7.14. The molecule has 10 nitrogen and oxygen atoms in total. The van der Waals surface area contributed by atoms with E-state index in [9.17, 15) is 21.4 Å². The minimum absolute atomic E-state index is 0.0184. The molecule has 1 aromatic carbocycles. The molecular formula is C24H24F3N7O3S2. The van der Waals surface area contributed by atoms with Crippen molar-refractivity contribution in [2.45, 2.75) is 41.4 Å². The van der Waals surface area contributed by atoms with Gasteiger partial charge in [0.05, 0.1) is 34.4 Å². The molecule has 0 bridgehead atoms. The van der Waals surface area contributed by atoms with E-state index in [1.807, 2.05) is 4.90 Å². The maximum atomic E-state index is 15.2. The highest BCUT2D eigenvalue weighted by molar-refractivity contribution is 7.92. The topological polar surface area (TPSA) is 124 Å². The van der Waals surface area contributed by atoms with E-state index in [-0.39, 0.29) is 28.1 Å². The van der Waals surface area contributed by atoms with Gasteiger partial charge in [-0.15, -0.1) is 0 Å². The molecule has 3 aromatic rings. The van der Waals surface area contributed by atoms with E-state index in [1.54, 1.807) is 4.90 Å². The van der Waals surface area contributed by atoms with Crippen LogP contribution in [0.25, 0.3) is 0 Å². The fraction of sp³-hybridized carbons (Fsp3) is 0.375. The standard InChI is InChI=1S/C24H24F3N7O3S2/c25-15-9-19(27)21(20(10-15)31-39(36,37)18-3-6-33(13-18)38(35)17-1-2-17)22(28)34-8-7-32(14-24(34)4-5-24)23-29-11-16(26)12-30-23/h3,6,9-13,17,28,31H,1-2,4-5,7-8,14H2. The molecule has 1 aliphatic heterocycles. The number of anilines is 2. The summed E-state index contributed by atoms with van der Waals surface area (Å²) in [5.74, 6) is -2.59. The fourth-order valence-electron chi connectivity index (χ4n) is 4.84. The Morgan fingerprint density at radius 3 is 2.49 bits per heavy atom. The lowest BCUT2D eigenvalue weighted by Gasteiger charge is -2.43. The number of nitrogens with zero attached hydrogens (tertiary/aromatic N) is 5. The van der Waals surface area contributed by atoms with E-state index in [1.165, 1.54) is 22.4 Å². The van der Waals surface area contributed by atoms with Gasteiger partial charge >= 0.3 is 0 Å². The van der Waals surface area contributed by atoms with Crippen molar-refractivity contribution in [2.24, 2.45) is 0 Å². The number of halogens is 3. The minimum atomic E-state index is -4.32. The first kappa shape index (κ1) is 25.8. The molecule has 0 amide bonds. The Kier molecular flexibility index (Phi) is 6.17. The molecule has 2 saturated carbocycles. The summed E-state index contributed by atoms with van der Waals surface area (Å²) in [6, 6.07) is 2.71. The molecule has 1 spiro atoms. The average Bonchev–Trinajstić information content (AvgIpc) is 3.81. The lowest BCUT2D eigenvalue weighted by atomic mass is 10.1. The van der Waals surface area contributed by atoms with Crippen molar-refractivity contribution in [1.29, 1.82) is 5.41 Å². The zero-order valence-corrected chi connectivity index (χ0v) is 22.1. The number of rotatable bonds is 7. The van der Waals surface area contributed by atoms with Gasteiger partial charge in [-0.2, -0.15) is 0 Å². The van der Waals surface area contributed by atoms with Gasteiger partial charge in [-0.3, -0.25) is 14.1 Å². The summed E-state index contributed by atoms with van der Waals surface area (Å²) >= 11 is 0. The first-order valence-electron chi connectivity index (χ1n) is 12.3. The summed E-state index contributed by atoms with van der Waals surface area (Å²) in [6.07, 6.45) is 7.70. The molecule has 3 fully saturated rings. The molecule has 2 aliphatic carbocycles. The van der Waals surface area contributed by atoms with Gasteiger partial charge in [-0.25, -0.2) is 35.8 Å². The lowest BCUT2D eigenvalue weighted by molar-refractivity contribution is 0.257. The van der Waals surface area contributed by atoms with E-state index in [2.05, 4.69) is 14.7 Å². The minimum Gasteiger partial charge on any atom is -0.347 e. The van der Waals surface area contributed by atoms with Crippen LogP contribution in [0.1, 0.15) is 31.2 Å². The Balaban J connectivity index is 1.27. The normalized spacial score (nSPS) is 19.3. The van der Waals surface area contributed by atoms with E-state index in [0.29, 0.717) is 37.9 Å². The van der Waals surface area contributed by atoms with E-state index >= 15 is 4.39 Å². The Morgan fingerprint density at radius 1 is 1.10 bits per heavy atom. The Labute approximate surface area is 225 Å². The molecule has 1 atom stereocenters. The lowest BCUT2D eigenvalue weighted by Crippen LogP contribution is -2.57. The van der Waals surface area contributed by atoms with Gasteiger partial charge in [-0.1, -0.05) is 0 Å². The van der Waals surface area contributed by atoms with Crippen LogP contribution in [0.15, 0.2) is 47.9 Å². The van der Waals surface area contributed by atoms with Gasteiger partial charge in [0.25, 0.3) is 10.0 Å². The highest BCUT2D eigenvalue weighted by atomic mass is 32.2. The van der Waals surface area contributed by atoms with Crippen LogP contribution in [-0.4, -0.2) is 67.7 Å². The second kappa shape index (κ2) is 9.33. The van der Waals surface area contributed by atoms with Crippen molar-refractivity contribution in [3.8, 4) is 0 Å². The van der Waals surface area contributed by atoms with Crippen LogP contribution >= 0.6 is 0 Å². The number of benzene rings is 1. The number of sulfonamides is 1. The Morgan fingerprint density at radius 2 is 1.82 bits per heavy atom. The van der Waals surface area contributed by atoms with Gasteiger partial charge in [0.2, 0.25) is 5.95 Å². The van der Waals surface area contributed by atoms with Crippen molar-refractivity contribution in [3.63, 3.8) is 0 Å². The summed E-state index contributed by atoms with van der Waals surface area (Å²) in [5, 5.41) is 8.86. The number of piperazine rings is 1. The molecule has 0 radical (unpaired) electrons. The number of hydrogen-bond acceptors (Lipinski definition) is 7. The monoisotopic (exact) mass is 579 g/mol. The molecule has 2 aromatic heterocycles.